The topological polar surface area (TPSA) is 9.23 Å². The van der Waals surface area contributed by atoms with Crippen LogP contribution in [0.1, 0.15) is 390 Å². The summed E-state index contributed by atoms with van der Waals surface area (Å²) in [5.41, 5.74) is 6.66. The SMILES string of the molecule is CC(C)Oc1ccc(C(C)(C)CC(C)(C)CC(C)(C)CC(C)(C)CC(C)(C)CC(C)(C)CC(C)(C)CC(C)(C)CC(C)(C)CC(C)(C)CC(C)(C)CC(C)(C)CC(C)(C)CC(C)(C)CC(C)(C)CC(C)(C)CC(C)(C)CC(C)(C)C)cc1[CH]=[Ru]([Cl])[Cl]. The summed E-state index contributed by atoms with van der Waals surface area (Å²) in [5, 5.41) is 0. The number of hydrogen-bond donors (Lipinski definition) is 0. The molecule has 0 atom stereocenters. The molecule has 4 heteroatoms. The molecule has 0 amide bonds. The Labute approximate surface area is 556 Å². The molecule has 0 radical (unpaired) electrons. The van der Waals surface area contributed by atoms with E-state index in [1.165, 1.54) is 108 Å². The van der Waals surface area contributed by atoms with E-state index in [4.69, 9.17) is 24.1 Å². The van der Waals surface area contributed by atoms with Crippen molar-refractivity contribution in [1.29, 1.82) is 0 Å². The fraction of sp³-hybridized carbons (Fsp3) is 0.915. The summed E-state index contributed by atoms with van der Waals surface area (Å²) in [6.45, 7) is 98.4. The fourth-order valence-electron chi connectivity index (χ4n) is 24.7. The second-order valence-electron chi connectivity index (χ2n) is 45.3. The number of ether oxygens (including phenoxy) is 1. The van der Waals surface area contributed by atoms with Gasteiger partial charge in [-0.25, -0.2) is 0 Å². The van der Waals surface area contributed by atoms with Gasteiger partial charge in [0.15, 0.2) is 0 Å². The van der Waals surface area contributed by atoms with Gasteiger partial charge in [-0.3, -0.25) is 0 Å². The molecule has 0 bridgehead atoms. The summed E-state index contributed by atoms with van der Waals surface area (Å²) in [4.78, 5) is 0. The number of rotatable bonds is 37. The fourth-order valence-corrected chi connectivity index (χ4v) is 26.4. The zero-order valence-electron chi connectivity index (χ0n) is 65.9. The van der Waals surface area contributed by atoms with E-state index in [-0.39, 0.29) is 81.9 Å². The zero-order chi connectivity index (χ0) is 68.4. The first-order valence-corrected chi connectivity index (χ1v) is 40.3. The van der Waals surface area contributed by atoms with Gasteiger partial charge >= 0.3 is 200 Å². The van der Waals surface area contributed by atoms with Crippen molar-refractivity contribution in [2.24, 2.45) is 92.1 Å². The standard InChI is InChI=1S/C82H156O.2ClH.Ru/c1-61(2)83-64-42-41-63(43-62(64)3)82(39,40)60-81(37,38)59-80(35,36)58-79(33,34)57-78(31,32)56-77(29,30)55-76(27,28)54-75(25,26)53-74(23,24)52-73(21,22)51-72(19,20)50-71(17,18)49-70(15,16)48-69(13,14)47-68(11,12)46-67(9,10)45-66(7,8)44-65(4,5)6;;;/h3,41-43,61H,44-60H2,1-2,4-40H3;2*1H;/q;;;+2/p-2. The molecule has 0 aromatic heterocycles. The van der Waals surface area contributed by atoms with Crippen LogP contribution in [0.25, 0.3) is 0 Å². The predicted octanol–water partition coefficient (Wildman–Crippen LogP) is 28.9. The first kappa shape index (κ1) is 84.1. The van der Waals surface area contributed by atoms with Crippen molar-refractivity contribution in [2.45, 2.75) is 391 Å². The zero-order valence-corrected chi connectivity index (χ0v) is 69.2. The van der Waals surface area contributed by atoms with Crippen LogP contribution in [-0.4, -0.2) is 10.7 Å². The van der Waals surface area contributed by atoms with Crippen LogP contribution in [0.5, 0.6) is 5.75 Å². The third-order valence-corrected chi connectivity index (χ3v) is 20.5. The molecule has 0 N–H and O–H groups in total. The molecule has 0 spiro atoms. The van der Waals surface area contributed by atoms with Crippen LogP contribution >= 0.6 is 19.4 Å². The van der Waals surface area contributed by atoms with Gasteiger partial charge in [-0.1, -0.05) is 201 Å². The second-order valence-corrected chi connectivity index (χ2v) is 51.0. The summed E-state index contributed by atoms with van der Waals surface area (Å²) in [7, 11) is 12.9. The van der Waals surface area contributed by atoms with E-state index in [9.17, 15) is 0 Å². The minimum absolute atomic E-state index is 0.0276. The van der Waals surface area contributed by atoms with E-state index in [0.29, 0.717) is 21.7 Å². The van der Waals surface area contributed by atoms with Gasteiger partial charge in [0.2, 0.25) is 0 Å². The monoisotopic (exact) mass is 1330 g/mol. The van der Waals surface area contributed by atoms with E-state index >= 15 is 0 Å². The van der Waals surface area contributed by atoms with Crippen molar-refractivity contribution >= 4 is 24.0 Å². The molecule has 0 saturated carbocycles. The van der Waals surface area contributed by atoms with E-state index in [1.54, 1.807) is 0 Å². The van der Waals surface area contributed by atoms with Crippen molar-refractivity contribution in [3.05, 3.63) is 29.3 Å². The summed E-state index contributed by atoms with van der Waals surface area (Å²) < 4.78 is 8.22. The van der Waals surface area contributed by atoms with Crippen LogP contribution in [0.2, 0.25) is 0 Å². The van der Waals surface area contributed by atoms with Crippen LogP contribution in [0.15, 0.2) is 18.2 Å². The number of benzene rings is 1. The Morgan fingerprint density at radius 1 is 0.302 bits per heavy atom. The summed E-state index contributed by atoms with van der Waals surface area (Å²) in [5.74, 6) is 0.873. The molecule has 0 aliphatic heterocycles. The Morgan fingerprint density at radius 2 is 0.488 bits per heavy atom. The molecular weight excluding hydrogens is 1170 g/mol. The molecule has 1 aromatic rings. The van der Waals surface area contributed by atoms with Crippen molar-refractivity contribution in [3.8, 4) is 5.75 Å². The number of hydrogen-bond acceptors (Lipinski definition) is 1. The molecule has 0 unspecified atom stereocenters. The first-order chi connectivity index (χ1) is 37.2. The van der Waals surface area contributed by atoms with Crippen molar-refractivity contribution in [2.75, 3.05) is 0 Å². The van der Waals surface area contributed by atoms with Crippen molar-refractivity contribution in [1.82, 2.24) is 0 Å². The summed E-state index contributed by atoms with van der Waals surface area (Å²) in [6.07, 6.45) is 21.2. The van der Waals surface area contributed by atoms with E-state index in [0.717, 1.165) is 17.7 Å². The molecule has 0 fully saturated rings. The van der Waals surface area contributed by atoms with E-state index in [2.05, 4.69) is 288 Å². The molecule has 0 aliphatic carbocycles. The molecular formula is C82H156Cl2ORu. The van der Waals surface area contributed by atoms with E-state index < -0.39 is 13.5 Å². The minimum atomic E-state index is -2.03. The van der Waals surface area contributed by atoms with Gasteiger partial charge in [-0.15, -0.1) is 0 Å². The maximum atomic E-state index is 6.44. The second kappa shape index (κ2) is 28.6. The molecule has 86 heavy (non-hydrogen) atoms. The van der Waals surface area contributed by atoms with Crippen LogP contribution in [0, 0.1) is 92.1 Å². The van der Waals surface area contributed by atoms with E-state index in [1.807, 2.05) is 4.61 Å². The van der Waals surface area contributed by atoms with Crippen LogP contribution in [0.4, 0.5) is 0 Å². The molecule has 0 saturated heterocycles. The predicted molar refractivity (Wildman–Crippen MR) is 391 cm³/mol. The van der Waals surface area contributed by atoms with Crippen molar-refractivity contribution < 1.29 is 18.3 Å². The quantitative estimate of drug-likeness (QED) is 0.0604. The van der Waals surface area contributed by atoms with Crippen LogP contribution in [0.3, 0.4) is 0 Å². The molecule has 0 aliphatic rings. The van der Waals surface area contributed by atoms with Gasteiger partial charge in [-0.2, -0.15) is 0 Å². The Kier molecular flexibility index (Phi) is 28.0. The van der Waals surface area contributed by atoms with Gasteiger partial charge in [-0.05, 0) is 159 Å². The molecule has 1 nitrogen and oxygen atoms in total. The maximum absolute atomic E-state index is 6.44. The summed E-state index contributed by atoms with van der Waals surface area (Å²) >= 11 is -2.03. The number of halogens is 2. The average molecular weight is 1330 g/mol. The average Bonchev–Trinajstić information content (AvgIpc) is 3.05. The third-order valence-electron chi connectivity index (χ3n) is 18.6. The third kappa shape index (κ3) is 34.8. The van der Waals surface area contributed by atoms with Crippen LogP contribution < -0.4 is 4.74 Å². The molecule has 512 valence electrons. The molecule has 1 rings (SSSR count). The Morgan fingerprint density at radius 3 is 0.663 bits per heavy atom. The molecule has 0 heterocycles. The summed E-state index contributed by atoms with van der Waals surface area (Å²) in [6, 6.07) is 6.68. The van der Waals surface area contributed by atoms with Gasteiger partial charge in [0.1, 0.15) is 0 Å². The van der Waals surface area contributed by atoms with Gasteiger partial charge in [0, 0.05) is 0 Å². The van der Waals surface area contributed by atoms with Crippen LogP contribution in [-0.2, 0) is 18.9 Å². The Balaban J connectivity index is 3.04. The Bertz CT molecular complexity index is 2300. The van der Waals surface area contributed by atoms with Gasteiger partial charge in [0.05, 0.1) is 0 Å². The normalized spacial score (nSPS) is 15.7. The molecule has 1 aromatic carbocycles. The van der Waals surface area contributed by atoms with Crippen molar-refractivity contribution in [3.63, 3.8) is 0 Å². The van der Waals surface area contributed by atoms with Gasteiger partial charge in [0.25, 0.3) is 0 Å². The Hall–Kier alpha value is 0.0934. The first-order valence-electron chi connectivity index (χ1n) is 34.9. The van der Waals surface area contributed by atoms with Gasteiger partial charge < -0.3 is 0 Å².